The highest BCUT2D eigenvalue weighted by Crippen LogP contribution is 2.32. The van der Waals surface area contributed by atoms with Gasteiger partial charge in [0.25, 0.3) is 0 Å². The first-order chi connectivity index (χ1) is 11.3. The Kier molecular flexibility index (Phi) is 8.83. The molecule has 2 atom stereocenters. The summed E-state index contributed by atoms with van der Waals surface area (Å²) in [5, 5.41) is 0. The second kappa shape index (κ2) is 10.6. The quantitative estimate of drug-likeness (QED) is 0.247. The molecule has 0 spiro atoms. The van der Waals surface area contributed by atoms with Crippen LogP contribution >= 0.6 is 0 Å². The molecule has 2 rings (SSSR count). The third-order valence-corrected chi connectivity index (χ3v) is 4.49. The van der Waals surface area contributed by atoms with Crippen LogP contribution in [0.3, 0.4) is 0 Å². The summed E-state index contributed by atoms with van der Waals surface area (Å²) in [5.41, 5.74) is -0.0725. The van der Waals surface area contributed by atoms with Gasteiger partial charge in [0.05, 0.1) is 32.5 Å². The maximum Gasteiger partial charge on any atom is 0.146 e. The Labute approximate surface area is 140 Å². The van der Waals surface area contributed by atoms with Crippen LogP contribution in [0.2, 0.25) is 0 Å². The number of epoxide rings is 1. The van der Waals surface area contributed by atoms with Crippen LogP contribution in [0.4, 0.5) is 0 Å². The van der Waals surface area contributed by atoms with Crippen molar-refractivity contribution in [1.29, 1.82) is 0 Å². The van der Waals surface area contributed by atoms with Gasteiger partial charge < -0.3 is 23.7 Å². The second-order valence-corrected chi connectivity index (χ2v) is 6.90. The van der Waals surface area contributed by atoms with Crippen molar-refractivity contribution in [2.45, 2.75) is 52.1 Å². The van der Waals surface area contributed by atoms with Gasteiger partial charge in [-0.15, -0.1) is 0 Å². The topological polar surface area (TPSA) is 49.5 Å². The molecule has 5 nitrogen and oxygen atoms in total. The molecule has 0 aromatic carbocycles. The fourth-order valence-electron chi connectivity index (χ4n) is 2.73. The van der Waals surface area contributed by atoms with Crippen LogP contribution in [0.25, 0.3) is 0 Å². The van der Waals surface area contributed by atoms with Crippen molar-refractivity contribution in [3.05, 3.63) is 0 Å². The molecule has 0 amide bonds. The van der Waals surface area contributed by atoms with Crippen LogP contribution in [0.15, 0.2) is 0 Å². The zero-order valence-corrected chi connectivity index (χ0v) is 14.9. The van der Waals surface area contributed by atoms with Gasteiger partial charge in [-0.3, -0.25) is 0 Å². The predicted molar refractivity (Wildman–Crippen MR) is 88.5 cm³/mol. The average molecular weight is 330 g/mol. The summed E-state index contributed by atoms with van der Waals surface area (Å²) >= 11 is 0. The van der Waals surface area contributed by atoms with Gasteiger partial charge >= 0.3 is 0 Å². The molecule has 1 aliphatic heterocycles. The molecule has 1 heterocycles. The average Bonchev–Trinajstić information content (AvgIpc) is 3.44. The monoisotopic (exact) mass is 330 g/mol. The highest BCUT2D eigenvalue weighted by molar-refractivity contribution is 4.82. The van der Waals surface area contributed by atoms with E-state index in [-0.39, 0.29) is 5.41 Å². The summed E-state index contributed by atoms with van der Waals surface area (Å²) in [6.07, 6.45) is 6.42. The molecule has 1 saturated heterocycles. The van der Waals surface area contributed by atoms with Crippen LogP contribution < -0.4 is 0 Å². The summed E-state index contributed by atoms with van der Waals surface area (Å²) in [4.78, 5) is 0. The molecular formula is C18H34O5. The standard InChI is InChI=1S/C18H34O5/c1-3-19-12-18(14-22-15-20-4-2,9-5-6-17-11-23-17)13-21-10-16-7-8-16/h16-17H,3-15H2,1-2H3/t17-,18?/m1/s1. The SMILES string of the molecule is CCOCOCC(CCC[C@@H]1CO1)(COCC)COCC1CC1. The number of hydrogen-bond donors (Lipinski definition) is 0. The molecule has 1 saturated carbocycles. The first-order valence-electron chi connectivity index (χ1n) is 9.20. The van der Waals surface area contributed by atoms with Gasteiger partial charge in [0, 0.05) is 25.2 Å². The van der Waals surface area contributed by atoms with Crippen molar-refractivity contribution in [3.8, 4) is 0 Å². The van der Waals surface area contributed by atoms with Crippen LogP contribution in [-0.2, 0) is 23.7 Å². The van der Waals surface area contributed by atoms with Crippen LogP contribution in [-0.4, -0.2) is 59.1 Å². The van der Waals surface area contributed by atoms with E-state index in [2.05, 4.69) is 0 Å². The Balaban J connectivity index is 1.80. The van der Waals surface area contributed by atoms with E-state index in [1.54, 1.807) is 0 Å². The lowest BCUT2D eigenvalue weighted by Gasteiger charge is -2.33. The molecule has 2 fully saturated rings. The van der Waals surface area contributed by atoms with E-state index in [4.69, 9.17) is 23.7 Å². The highest BCUT2D eigenvalue weighted by atomic mass is 16.7. The van der Waals surface area contributed by atoms with Gasteiger partial charge in [-0.25, -0.2) is 0 Å². The largest absolute Gasteiger partial charge is 0.381 e. The maximum atomic E-state index is 6.02. The van der Waals surface area contributed by atoms with Crippen molar-refractivity contribution in [1.82, 2.24) is 0 Å². The molecule has 0 radical (unpaired) electrons. The maximum absolute atomic E-state index is 6.02. The number of rotatable bonds is 16. The summed E-state index contributed by atoms with van der Waals surface area (Å²) < 4.78 is 28.2. The van der Waals surface area contributed by atoms with Crippen LogP contribution in [0, 0.1) is 11.3 Å². The van der Waals surface area contributed by atoms with Crippen LogP contribution in [0.1, 0.15) is 46.0 Å². The summed E-state index contributed by atoms with van der Waals surface area (Å²) in [7, 11) is 0. The first kappa shape index (κ1) is 19.1. The molecule has 1 unspecified atom stereocenters. The third kappa shape index (κ3) is 8.45. The molecule has 0 N–H and O–H groups in total. The van der Waals surface area contributed by atoms with E-state index < -0.39 is 0 Å². The van der Waals surface area contributed by atoms with Crippen molar-refractivity contribution in [3.63, 3.8) is 0 Å². The third-order valence-electron chi connectivity index (χ3n) is 4.49. The number of hydrogen-bond acceptors (Lipinski definition) is 5. The Morgan fingerprint density at radius 1 is 0.957 bits per heavy atom. The lowest BCUT2D eigenvalue weighted by Crippen LogP contribution is -2.38. The molecule has 0 aromatic heterocycles. The molecule has 2 aliphatic rings. The minimum atomic E-state index is -0.0725. The predicted octanol–water partition coefficient (Wildman–Crippen LogP) is 3.02. The van der Waals surface area contributed by atoms with E-state index >= 15 is 0 Å². The number of ether oxygens (including phenoxy) is 5. The van der Waals surface area contributed by atoms with Gasteiger partial charge in [0.1, 0.15) is 6.79 Å². The van der Waals surface area contributed by atoms with E-state index in [1.165, 1.54) is 12.8 Å². The fourth-order valence-corrected chi connectivity index (χ4v) is 2.73. The van der Waals surface area contributed by atoms with Crippen LogP contribution in [0.5, 0.6) is 0 Å². The fraction of sp³-hybridized carbons (Fsp3) is 1.00. The van der Waals surface area contributed by atoms with Crippen molar-refractivity contribution < 1.29 is 23.7 Å². The molecule has 0 aromatic rings. The van der Waals surface area contributed by atoms with Gasteiger partial charge in [-0.05, 0) is 51.9 Å². The normalized spacial score (nSPS) is 23.0. The Bertz CT molecular complexity index is 284. The summed E-state index contributed by atoms with van der Waals surface area (Å²) in [6, 6.07) is 0. The molecule has 5 heteroatoms. The summed E-state index contributed by atoms with van der Waals surface area (Å²) in [5.74, 6) is 0.781. The smallest absolute Gasteiger partial charge is 0.146 e. The van der Waals surface area contributed by atoms with Gasteiger partial charge in [0.15, 0.2) is 0 Å². The van der Waals surface area contributed by atoms with Crippen molar-refractivity contribution in [2.24, 2.45) is 11.3 Å². The Morgan fingerprint density at radius 2 is 1.65 bits per heavy atom. The van der Waals surface area contributed by atoms with Crippen molar-refractivity contribution >= 4 is 0 Å². The van der Waals surface area contributed by atoms with Crippen molar-refractivity contribution in [2.75, 3.05) is 53.0 Å². The lowest BCUT2D eigenvalue weighted by atomic mass is 9.84. The highest BCUT2D eigenvalue weighted by Gasteiger charge is 2.33. The lowest BCUT2D eigenvalue weighted by molar-refractivity contribution is -0.119. The van der Waals surface area contributed by atoms with Gasteiger partial charge in [-0.1, -0.05) is 0 Å². The Morgan fingerprint density at radius 3 is 2.30 bits per heavy atom. The molecule has 23 heavy (non-hydrogen) atoms. The summed E-state index contributed by atoms with van der Waals surface area (Å²) in [6.45, 7) is 9.59. The van der Waals surface area contributed by atoms with E-state index in [9.17, 15) is 0 Å². The van der Waals surface area contributed by atoms with Gasteiger partial charge in [0.2, 0.25) is 0 Å². The molecule has 0 bridgehead atoms. The van der Waals surface area contributed by atoms with E-state index in [1.807, 2.05) is 13.8 Å². The first-order valence-corrected chi connectivity index (χ1v) is 9.20. The van der Waals surface area contributed by atoms with E-state index in [0.717, 1.165) is 45.0 Å². The minimum absolute atomic E-state index is 0.0725. The molecule has 1 aliphatic carbocycles. The second-order valence-electron chi connectivity index (χ2n) is 6.90. The zero-order chi connectivity index (χ0) is 16.4. The Hall–Kier alpha value is -0.200. The zero-order valence-electron chi connectivity index (χ0n) is 14.9. The van der Waals surface area contributed by atoms with E-state index in [0.29, 0.717) is 39.3 Å². The minimum Gasteiger partial charge on any atom is -0.381 e. The molecule has 136 valence electrons. The molecular weight excluding hydrogens is 296 g/mol. The van der Waals surface area contributed by atoms with Gasteiger partial charge in [-0.2, -0.15) is 0 Å².